The smallest absolute Gasteiger partial charge is 0.167 e. The van der Waals surface area contributed by atoms with Gasteiger partial charge in [0.1, 0.15) is 0 Å². The van der Waals surface area contributed by atoms with E-state index in [-0.39, 0.29) is 0 Å². The Morgan fingerprint density at radius 2 is 1.16 bits per heavy atom. The number of fused-ring (bicyclic) bond motifs is 1. The molecule has 0 aliphatic carbocycles. The van der Waals surface area contributed by atoms with Gasteiger partial charge in [0.25, 0.3) is 0 Å². The molecule has 1 aromatic heterocycles. The number of hydrogen-bond acceptors (Lipinski definition) is 8. The van der Waals surface area contributed by atoms with Crippen LogP contribution in [-0.2, 0) is 6.54 Å². The van der Waals surface area contributed by atoms with Crippen LogP contribution in [0.4, 0.5) is 0 Å². The zero-order valence-electron chi connectivity index (χ0n) is 18.9. The van der Waals surface area contributed by atoms with E-state index in [0.29, 0.717) is 17.9 Å². The van der Waals surface area contributed by atoms with Crippen LogP contribution in [0.25, 0.3) is 0 Å². The molecule has 0 radical (unpaired) electrons. The molecule has 3 heterocycles. The van der Waals surface area contributed by atoms with Gasteiger partial charge in [0, 0.05) is 6.54 Å². The number of thioether (sulfide) groups is 6. The van der Waals surface area contributed by atoms with E-state index >= 15 is 0 Å². The first-order valence-electron chi connectivity index (χ1n) is 11.3. The molecule has 3 nitrogen and oxygen atoms in total. The van der Waals surface area contributed by atoms with Crippen molar-refractivity contribution in [1.82, 2.24) is 4.57 Å². The van der Waals surface area contributed by atoms with E-state index in [1.54, 1.807) is 23.5 Å². The van der Waals surface area contributed by atoms with E-state index in [9.17, 15) is 9.59 Å². The lowest BCUT2D eigenvalue weighted by atomic mass is 10.3. The number of nitrogens with zero attached hydrogens (tertiary/aromatic N) is 1. The van der Waals surface area contributed by atoms with Crippen LogP contribution < -0.4 is 0 Å². The summed E-state index contributed by atoms with van der Waals surface area (Å²) in [5, 5.41) is 0. The van der Waals surface area contributed by atoms with Crippen molar-refractivity contribution in [3.63, 3.8) is 0 Å². The van der Waals surface area contributed by atoms with Gasteiger partial charge in [0.15, 0.2) is 12.6 Å². The van der Waals surface area contributed by atoms with E-state index in [4.69, 9.17) is 0 Å². The number of unbranched alkanes of at least 4 members (excludes halogenated alkanes) is 4. The SMILES string of the molecule is CCCCCSC1=C(SCCCCC)SC(=C2Sc3c(c(C=O)n(CCC)c3C=O)S2)S1. The molecule has 176 valence electrons. The Labute approximate surface area is 217 Å². The second-order valence-corrected chi connectivity index (χ2v) is 14.8. The molecule has 9 heteroatoms. The third-order valence-corrected chi connectivity index (χ3v) is 13.8. The largest absolute Gasteiger partial charge is 0.334 e. The standard InChI is InChI=1S/C23H31NO2S6/c1-4-7-9-12-27-20-21(28-13-10-8-5-2)32-23(31-20)22-29-18-16(14-25)24(11-6-3)17(15-26)19(18)30-22/h14-15H,4-13H2,1-3H3. The highest BCUT2D eigenvalue weighted by Gasteiger charge is 2.34. The normalized spacial score (nSPS) is 15.7. The van der Waals surface area contributed by atoms with Crippen LogP contribution in [0.3, 0.4) is 0 Å². The first kappa shape index (κ1) is 26.8. The minimum absolute atomic E-state index is 0.654. The second-order valence-electron chi connectivity index (χ2n) is 7.49. The Morgan fingerprint density at radius 3 is 1.56 bits per heavy atom. The molecule has 1 aromatic rings. The third kappa shape index (κ3) is 6.45. The van der Waals surface area contributed by atoms with Crippen molar-refractivity contribution in [3.05, 3.63) is 28.3 Å². The summed E-state index contributed by atoms with van der Waals surface area (Å²) in [5.74, 6) is 2.34. The van der Waals surface area contributed by atoms with Crippen molar-refractivity contribution in [2.24, 2.45) is 0 Å². The lowest BCUT2D eigenvalue weighted by Crippen LogP contribution is -2.06. The van der Waals surface area contributed by atoms with Crippen LogP contribution in [0, 0.1) is 0 Å². The van der Waals surface area contributed by atoms with Gasteiger partial charge in [0.2, 0.25) is 0 Å². The van der Waals surface area contributed by atoms with Crippen molar-refractivity contribution in [1.29, 1.82) is 0 Å². The van der Waals surface area contributed by atoms with E-state index < -0.39 is 0 Å². The number of carbonyl (C=O) groups is 2. The molecular weight excluding hydrogens is 515 g/mol. The molecule has 0 atom stereocenters. The molecule has 0 N–H and O–H groups in total. The number of hydrogen-bond donors (Lipinski definition) is 0. The van der Waals surface area contributed by atoms with Gasteiger partial charge < -0.3 is 4.57 Å². The van der Waals surface area contributed by atoms with Crippen LogP contribution in [0.2, 0.25) is 0 Å². The van der Waals surface area contributed by atoms with E-state index in [1.807, 2.05) is 51.6 Å². The average Bonchev–Trinajstić information content (AvgIpc) is 3.46. The second kappa shape index (κ2) is 13.9. The summed E-state index contributed by atoms with van der Waals surface area (Å²) in [5.41, 5.74) is 1.31. The number of aromatic nitrogens is 1. The lowest BCUT2D eigenvalue weighted by Gasteiger charge is -2.08. The Balaban J connectivity index is 1.77. The maximum Gasteiger partial charge on any atom is 0.167 e. The quantitative estimate of drug-likeness (QED) is 0.169. The Morgan fingerprint density at radius 1 is 0.688 bits per heavy atom. The van der Waals surface area contributed by atoms with Gasteiger partial charge in [-0.15, -0.1) is 23.5 Å². The summed E-state index contributed by atoms with van der Waals surface area (Å²) in [7, 11) is 0. The molecule has 0 fully saturated rings. The van der Waals surface area contributed by atoms with Gasteiger partial charge in [-0.3, -0.25) is 9.59 Å². The summed E-state index contributed by atoms with van der Waals surface area (Å²) >= 11 is 11.1. The molecule has 0 amide bonds. The highest BCUT2D eigenvalue weighted by atomic mass is 32.3. The van der Waals surface area contributed by atoms with Crippen LogP contribution in [0.5, 0.6) is 0 Å². The molecule has 0 aromatic carbocycles. The van der Waals surface area contributed by atoms with Gasteiger partial charge in [-0.1, -0.05) is 93.5 Å². The lowest BCUT2D eigenvalue weighted by molar-refractivity contribution is 0.110. The van der Waals surface area contributed by atoms with Crippen LogP contribution in [0.1, 0.15) is 86.7 Å². The minimum atomic E-state index is 0.654. The molecule has 2 aliphatic heterocycles. The topological polar surface area (TPSA) is 39.1 Å². The maximum absolute atomic E-state index is 11.9. The monoisotopic (exact) mass is 545 g/mol. The fourth-order valence-corrected chi connectivity index (χ4v) is 12.4. The third-order valence-electron chi connectivity index (χ3n) is 4.98. The van der Waals surface area contributed by atoms with Crippen LogP contribution in [-0.4, -0.2) is 28.6 Å². The molecule has 0 bridgehead atoms. The first-order valence-corrected chi connectivity index (χ1v) is 16.5. The summed E-state index contributed by atoms with van der Waals surface area (Å²) in [4.78, 5) is 25.7. The van der Waals surface area contributed by atoms with E-state index in [0.717, 1.165) is 28.8 Å². The van der Waals surface area contributed by atoms with Crippen molar-refractivity contribution < 1.29 is 9.59 Å². The number of rotatable bonds is 14. The Bertz CT molecular complexity index is 826. The molecular formula is C23H31NO2S6. The summed E-state index contributed by atoms with van der Waals surface area (Å²) in [6.07, 6.45) is 10.3. The number of carbonyl (C=O) groups excluding carboxylic acids is 2. The molecule has 2 aliphatic rings. The Hall–Kier alpha value is 0.200. The maximum atomic E-state index is 11.9. The summed E-state index contributed by atoms with van der Waals surface area (Å²) < 4.78 is 7.30. The fourth-order valence-electron chi connectivity index (χ4n) is 3.36. The van der Waals surface area contributed by atoms with E-state index in [2.05, 4.69) is 20.8 Å². The molecule has 0 saturated carbocycles. The summed E-state index contributed by atoms with van der Waals surface area (Å²) in [6, 6.07) is 0. The first-order chi connectivity index (χ1) is 15.7. The zero-order valence-corrected chi connectivity index (χ0v) is 23.8. The molecule has 0 saturated heterocycles. The predicted octanol–water partition coefficient (Wildman–Crippen LogP) is 9.30. The van der Waals surface area contributed by atoms with E-state index in [1.165, 1.54) is 67.0 Å². The minimum Gasteiger partial charge on any atom is -0.334 e. The zero-order chi connectivity index (χ0) is 22.9. The molecule has 0 unspecified atom stereocenters. The Kier molecular flexibility index (Phi) is 11.7. The predicted molar refractivity (Wildman–Crippen MR) is 150 cm³/mol. The van der Waals surface area contributed by atoms with Crippen molar-refractivity contribution in [2.75, 3.05) is 11.5 Å². The van der Waals surface area contributed by atoms with Gasteiger partial charge in [-0.05, 0) is 30.8 Å². The fraction of sp³-hybridized carbons (Fsp3) is 0.565. The number of aldehydes is 2. The summed E-state index contributed by atoms with van der Waals surface area (Å²) in [6.45, 7) is 7.27. The highest BCUT2D eigenvalue weighted by Crippen LogP contribution is 2.65. The average molecular weight is 546 g/mol. The van der Waals surface area contributed by atoms with Crippen molar-refractivity contribution in [2.45, 2.75) is 82.1 Å². The van der Waals surface area contributed by atoms with Gasteiger partial charge in [-0.25, -0.2) is 0 Å². The van der Waals surface area contributed by atoms with Gasteiger partial charge in [-0.2, -0.15) is 0 Å². The molecule has 0 spiro atoms. The van der Waals surface area contributed by atoms with Crippen molar-refractivity contribution >= 4 is 83.1 Å². The van der Waals surface area contributed by atoms with Crippen molar-refractivity contribution in [3.8, 4) is 0 Å². The van der Waals surface area contributed by atoms with Gasteiger partial charge >= 0.3 is 0 Å². The molecule has 3 rings (SSSR count). The highest BCUT2D eigenvalue weighted by molar-refractivity contribution is 8.42. The molecule has 32 heavy (non-hydrogen) atoms. The van der Waals surface area contributed by atoms with Gasteiger partial charge in [0.05, 0.1) is 38.1 Å². The van der Waals surface area contributed by atoms with Crippen LogP contribution >= 0.6 is 70.6 Å². The van der Waals surface area contributed by atoms with Crippen LogP contribution in [0.15, 0.2) is 26.7 Å².